The normalized spacial score (nSPS) is 23.9. The van der Waals surface area contributed by atoms with Gasteiger partial charge in [0.15, 0.2) is 0 Å². The van der Waals surface area contributed by atoms with E-state index < -0.39 is 0 Å². The van der Waals surface area contributed by atoms with Crippen LogP contribution in [0.15, 0.2) is 12.4 Å². The predicted molar refractivity (Wildman–Crippen MR) is 50.7 cm³/mol. The molecule has 1 saturated heterocycles. The maximum absolute atomic E-state index is 9.14. The van der Waals surface area contributed by atoms with Gasteiger partial charge in [-0.1, -0.05) is 0 Å². The Bertz CT molecular complexity index is 263. The van der Waals surface area contributed by atoms with Gasteiger partial charge in [0, 0.05) is 18.9 Å². The first-order valence-electron chi connectivity index (χ1n) is 4.81. The fourth-order valence-corrected chi connectivity index (χ4v) is 1.64. The van der Waals surface area contributed by atoms with Gasteiger partial charge in [-0.2, -0.15) is 0 Å². The van der Waals surface area contributed by atoms with Crippen LogP contribution in [0.1, 0.15) is 5.82 Å². The molecule has 1 aromatic heterocycles. The number of ether oxygens (including phenoxy) is 1. The number of nitrogens with one attached hydrogen (secondary N) is 1. The highest BCUT2D eigenvalue weighted by Gasteiger charge is 2.22. The molecule has 14 heavy (non-hydrogen) atoms. The van der Waals surface area contributed by atoms with Crippen molar-refractivity contribution in [3.05, 3.63) is 18.2 Å². The molecular weight excluding hydrogens is 182 g/mol. The van der Waals surface area contributed by atoms with E-state index in [-0.39, 0.29) is 12.6 Å². The van der Waals surface area contributed by atoms with Crippen LogP contribution in [0.4, 0.5) is 0 Å². The summed E-state index contributed by atoms with van der Waals surface area (Å²) in [6.45, 7) is 3.09. The number of imidazole rings is 1. The van der Waals surface area contributed by atoms with Crippen molar-refractivity contribution in [1.29, 1.82) is 0 Å². The topological polar surface area (TPSA) is 61.4 Å². The second-order valence-corrected chi connectivity index (χ2v) is 3.42. The van der Waals surface area contributed by atoms with Gasteiger partial charge < -0.3 is 14.8 Å². The van der Waals surface area contributed by atoms with E-state index in [4.69, 9.17) is 9.84 Å². The third-order valence-corrected chi connectivity index (χ3v) is 2.47. The van der Waals surface area contributed by atoms with Crippen molar-refractivity contribution in [1.82, 2.24) is 14.9 Å². The molecule has 1 aliphatic rings. The van der Waals surface area contributed by atoms with Crippen molar-refractivity contribution in [3.8, 4) is 0 Å². The van der Waals surface area contributed by atoms with Crippen molar-refractivity contribution in [2.75, 3.05) is 26.4 Å². The monoisotopic (exact) mass is 197 g/mol. The van der Waals surface area contributed by atoms with Crippen LogP contribution in [0.25, 0.3) is 0 Å². The number of morpholine rings is 1. The van der Waals surface area contributed by atoms with Gasteiger partial charge in [0.2, 0.25) is 0 Å². The van der Waals surface area contributed by atoms with Gasteiger partial charge in [-0.3, -0.25) is 4.90 Å². The summed E-state index contributed by atoms with van der Waals surface area (Å²) in [7, 11) is 0. The molecule has 1 aromatic rings. The lowest BCUT2D eigenvalue weighted by molar-refractivity contribution is -0.0321. The zero-order chi connectivity index (χ0) is 9.80. The smallest absolute Gasteiger partial charge is 0.120 e. The molecule has 5 heteroatoms. The van der Waals surface area contributed by atoms with Crippen molar-refractivity contribution in [2.24, 2.45) is 0 Å². The molecule has 1 unspecified atom stereocenters. The van der Waals surface area contributed by atoms with Crippen LogP contribution in [0, 0.1) is 0 Å². The summed E-state index contributed by atoms with van der Waals surface area (Å²) in [5.41, 5.74) is 0. The minimum absolute atomic E-state index is 0.105. The molecule has 2 rings (SSSR count). The van der Waals surface area contributed by atoms with E-state index in [9.17, 15) is 0 Å². The van der Waals surface area contributed by atoms with Gasteiger partial charge >= 0.3 is 0 Å². The second-order valence-electron chi connectivity index (χ2n) is 3.42. The summed E-state index contributed by atoms with van der Waals surface area (Å²) in [5, 5.41) is 9.14. The maximum atomic E-state index is 9.14. The van der Waals surface area contributed by atoms with Gasteiger partial charge in [0.1, 0.15) is 5.82 Å². The molecule has 0 aliphatic carbocycles. The fraction of sp³-hybridized carbons (Fsp3) is 0.667. The third kappa shape index (κ3) is 2.12. The Morgan fingerprint density at radius 1 is 1.71 bits per heavy atom. The van der Waals surface area contributed by atoms with E-state index in [1.807, 2.05) is 6.20 Å². The number of aliphatic hydroxyl groups is 1. The molecule has 0 amide bonds. The summed E-state index contributed by atoms with van der Waals surface area (Å²) in [6, 6.07) is 0.105. The lowest BCUT2D eigenvalue weighted by Crippen LogP contribution is -2.47. The zero-order valence-electron chi connectivity index (χ0n) is 8.02. The van der Waals surface area contributed by atoms with E-state index in [2.05, 4.69) is 14.9 Å². The van der Waals surface area contributed by atoms with Crippen LogP contribution in [-0.4, -0.2) is 52.4 Å². The molecule has 5 nitrogen and oxygen atoms in total. The summed E-state index contributed by atoms with van der Waals surface area (Å²) in [5.74, 6) is 0.936. The Morgan fingerprint density at radius 3 is 3.36 bits per heavy atom. The van der Waals surface area contributed by atoms with Crippen molar-refractivity contribution >= 4 is 0 Å². The number of aliphatic hydroxyl groups excluding tert-OH is 1. The molecular formula is C9H15N3O2. The number of hydrogen-bond donors (Lipinski definition) is 2. The van der Waals surface area contributed by atoms with Crippen LogP contribution >= 0.6 is 0 Å². The molecule has 78 valence electrons. The Labute approximate surface area is 82.7 Å². The Balaban J connectivity index is 1.94. The number of rotatable bonds is 3. The van der Waals surface area contributed by atoms with E-state index in [1.54, 1.807) is 6.20 Å². The lowest BCUT2D eigenvalue weighted by Gasteiger charge is -2.33. The minimum Gasteiger partial charge on any atom is -0.395 e. The Hall–Kier alpha value is -0.910. The van der Waals surface area contributed by atoms with Gasteiger partial charge in [-0.05, 0) is 0 Å². The molecule has 1 aliphatic heterocycles. The average Bonchev–Trinajstić information content (AvgIpc) is 2.71. The number of aromatic nitrogens is 2. The molecule has 0 radical (unpaired) electrons. The number of nitrogens with zero attached hydrogens (tertiary/aromatic N) is 2. The summed E-state index contributed by atoms with van der Waals surface area (Å²) < 4.78 is 5.29. The van der Waals surface area contributed by atoms with Crippen molar-refractivity contribution in [3.63, 3.8) is 0 Å². The van der Waals surface area contributed by atoms with Gasteiger partial charge in [-0.15, -0.1) is 0 Å². The van der Waals surface area contributed by atoms with Crippen LogP contribution < -0.4 is 0 Å². The first kappa shape index (κ1) is 9.64. The number of hydrogen-bond acceptors (Lipinski definition) is 4. The summed E-state index contributed by atoms with van der Waals surface area (Å²) >= 11 is 0. The van der Waals surface area contributed by atoms with Crippen LogP contribution in [0.5, 0.6) is 0 Å². The largest absolute Gasteiger partial charge is 0.395 e. The van der Waals surface area contributed by atoms with E-state index in [0.717, 1.165) is 25.5 Å². The Kier molecular flexibility index (Phi) is 3.13. The SMILES string of the molecule is OCC1COCCN1Cc1ncc[nH]1. The highest BCUT2D eigenvalue weighted by atomic mass is 16.5. The highest BCUT2D eigenvalue weighted by Crippen LogP contribution is 2.09. The molecule has 2 heterocycles. The van der Waals surface area contributed by atoms with E-state index in [1.165, 1.54) is 0 Å². The molecule has 1 atom stereocenters. The molecule has 0 bridgehead atoms. The van der Waals surface area contributed by atoms with Crippen LogP contribution in [0.2, 0.25) is 0 Å². The first-order valence-corrected chi connectivity index (χ1v) is 4.81. The molecule has 0 saturated carbocycles. The van der Waals surface area contributed by atoms with Crippen LogP contribution in [-0.2, 0) is 11.3 Å². The second kappa shape index (κ2) is 4.54. The highest BCUT2D eigenvalue weighted by molar-refractivity contribution is 4.89. The maximum Gasteiger partial charge on any atom is 0.120 e. The standard InChI is InChI=1S/C9H15N3O2/c13-6-8-7-14-4-3-12(8)5-9-10-1-2-11-9/h1-2,8,13H,3-7H2,(H,10,11). The minimum atomic E-state index is 0.105. The van der Waals surface area contributed by atoms with Gasteiger partial charge in [0.05, 0.1) is 32.4 Å². The van der Waals surface area contributed by atoms with Crippen molar-refractivity contribution < 1.29 is 9.84 Å². The van der Waals surface area contributed by atoms with E-state index >= 15 is 0 Å². The van der Waals surface area contributed by atoms with Crippen molar-refractivity contribution in [2.45, 2.75) is 12.6 Å². The molecule has 0 spiro atoms. The third-order valence-electron chi connectivity index (χ3n) is 2.47. The van der Waals surface area contributed by atoms with Gasteiger partial charge in [0.25, 0.3) is 0 Å². The molecule has 0 aromatic carbocycles. The number of aromatic amines is 1. The fourth-order valence-electron chi connectivity index (χ4n) is 1.64. The summed E-state index contributed by atoms with van der Waals surface area (Å²) in [4.78, 5) is 9.40. The first-order chi connectivity index (χ1) is 6.90. The average molecular weight is 197 g/mol. The summed E-state index contributed by atoms with van der Waals surface area (Å²) in [6.07, 6.45) is 3.55. The predicted octanol–water partition coefficient (Wildman–Crippen LogP) is -0.397. The Morgan fingerprint density at radius 2 is 2.64 bits per heavy atom. The quantitative estimate of drug-likeness (QED) is 0.692. The molecule has 2 N–H and O–H groups in total. The molecule has 1 fully saturated rings. The van der Waals surface area contributed by atoms with Gasteiger partial charge in [-0.25, -0.2) is 4.98 Å². The lowest BCUT2D eigenvalue weighted by atomic mass is 10.2. The van der Waals surface area contributed by atoms with E-state index in [0.29, 0.717) is 6.61 Å². The number of H-pyrrole nitrogens is 1. The van der Waals surface area contributed by atoms with Crippen LogP contribution in [0.3, 0.4) is 0 Å². The zero-order valence-corrected chi connectivity index (χ0v) is 8.02.